The topological polar surface area (TPSA) is 66.4 Å². The van der Waals surface area contributed by atoms with Gasteiger partial charge in [0.2, 0.25) is 5.91 Å². The molecule has 0 saturated heterocycles. The van der Waals surface area contributed by atoms with Crippen LogP contribution >= 0.6 is 11.8 Å². The molecule has 0 spiro atoms. The Morgan fingerprint density at radius 3 is 2.47 bits per heavy atom. The number of carbonyl (C=O) groups excluding carboxylic acids is 1. The van der Waals surface area contributed by atoms with E-state index < -0.39 is 11.2 Å². The molecule has 104 valence electrons. The highest BCUT2D eigenvalue weighted by atomic mass is 32.2. The van der Waals surface area contributed by atoms with E-state index in [-0.39, 0.29) is 11.8 Å². The first-order chi connectivity index (χ1) is 8.95. The van der Waals surface area contributed by atoms with Crippen LogP contribution in [0.25, 0.3) is 0 Å². The van der Waals surface area contributed by atoms with Gasteiger partial charge in [-0.15, -0.1) is 11.8 Å². The second-order valence-corrected chi connectivity index (χ2v) is 5.74. The maximum Gasteiger partial charge on any atom is 0.316 e. The van der Waals surface area contributed by atoms with Gasteiger partial charge in [0.15, 0.2) is 0 Å². The van der Waals surface area contributed by atoms with Crippen molar-refractivity contribution in [3.63, 3.8) is 0 Å². The molecule has 4 nitrogen and oxygen atoms in total. The van der Waals surface area contributed by atoms with E-state index in [1.165, 1.54) is 11.8 Å². The molecule has 0 saturated carbocycles. The van der Waals surface area contributed by atoms with E-state index in [1.54, 1.807) is 6.07 Å². The van der Waals surface area contributed by atoms with Crippen molar-refractivity contribution in [1.29, 1.82) is 0 Å². The molecule has 1 atom stereocenters. The molecular formula is C14H19NO3S. The van der Waals surface area contributed by atoms with E-state index >= 15 is 0 Å². The fourth-order valence-corrected chi connectivity index (χ4v) is 2.39. The van der Waals surface area contributed by atoms with Crippen LogP contribution in [0, 0.1) is 5.92 Å². The fraction of sp³-hybridized carbons (Fsp3) is 0.429. The van der Waals surface area contributed by atoms with Gasteiger partial charge in [0.1, 0.15) is 5.25 Å². The number of hydrogen-bond donors (Lipinski definition) is 2. The maximum atomic E-state index is 11.7. The first-order valence-electron chi connectivity index (χ1n) is 6.25. The highest BCUT2D eigenvalue weighted by molar-refractivity contribution is 8.00. The lowest BCUT2D eigenvalue weighted by Gasteiger charge is -2.15. The van der Waals surface area contributed by atoms with E-state index in [0.717, 1.165) is 4.90 Å². The summed E-state index contributed by atoms with van der Waals surface area (Å²) in [6.07, 6.45) is 0.534. The van der Waals surface area contributed by atoms with E-state index in [4.69, 9.17) is 5.11 Å². The van der Waals surface area contributed by atoms with Crippen molar-refractivity contribution in [3.05, 3.63) is 24.3 Å². The number of carbonyl (C=O) groups is 2. The molecule has 0 fully saturated rings. The van der Waals surface area contributed by atoms with Crippen LogP contribution in [0.5, 0.6) is 0 Å². The van der Waals surface area contributed by atoms with Crippen molar-refractivity contribution in [3.8, 4) is 0 Å². The lowest BCUT2D eigenvalue weighted by atomic mass is 10.2. The molecule has 2 N–H and O–H groups in total. The van der Waals surface area contributed by atoms with Gasteiger partial charge in [-0.05, 0) is 18.6 Å². The Balaban J connectivity index is 2.89. The largest absolute Gasteiger partial charge is 0.480 e. The van der Waals surface area contributed by atoms with Crippen LogP contribution in [-0.4, -0.2) is 22.2 Å². The van der Waals surface area contributed by atoms with Crippen molar-refractivity contribution in [2.75, 3.05) is 5.32 Å². The van der Waals surface area contributed by atoms with Crippen molar-refractivity contribution in [2.45, 2.75) is 37.3 Å². The zero-order chi connectivity index (χ0) is 14.4. The van der Waals surface area contributed by atoms with Crippen LogP contribution in [0.2, 0.25) is 0 Å². The van der Waals surface area contributed by atoms with Gasteiger partial charge in [0.05, 0.1) is 5.69 Å². The molecule has 1 aromatic carbocycles. The number of hydrogen-bond acceptors (Lipinski definition) is 3. The molecule has 19 heavy (non-hydrogen) atoms. The van der Waals surface area contributed by atoms with Crippen molar-refractivity contribution in [2.24, 2.45) is 5.92 Å². The summed E-state index contributed by atoms with van der Waals surface area (Å²) >= 11 is 1.26. The van der Waals surface area contributed by atoms with Crippen LogP contribution in [0.1, 0.15) is 27.2 Å². The Morgan fingerprint density at radius 2 is 1.95 bits per heavy atom. The smallest absolute Gasteiger partial charge is 0.316 e. The molecule has 1 amide bonds. The van der Waals surface area contributed by atoms with E-state index in [1.807, 2.05) is 39.0 Å². The third-order valence-corrected chi connectivity index (χ3v) is 4.01. The highest BCUT2D eigenvalue weighted by Crippen LogP contribution is 2.32. The SMILES string of the molecule is CC[C@H](Sc1ccccc1NC(=O)C(C)C)C(=O)O. The number of para-hydroxylation sites is 1. The molecule has 0 radical (unpaired) electrons. The van der Waals surface area contributed by atoms with Crippen LogP contribution in [0.15, 0.2) is 29.2 Å². The predicted octanol–water partition coefficient (Wildman–Crippen LogP) is 3.24. The summed E-state index contributed by atoms with van der Waals surface area (Å²) in [5, 5.41) is 11.4. The van der Waals surface area contributed by atoms with E-state index in [2.05, 4.69) is 5.32 Å². The number of rotatable bonds is 6. The molecule has 0 unspecified atom stereocenters. The summed E-state index contributed by atoms with van der Waals surface area (Å²) in [5.74, 6) is -1.02. The van der Waals surface area contributed by atoms with Gasteiger partial charge in [-0.2, -0.15) is 0 Å². The zero-order valence-corrected chi connectivity index (χ0v) is 12.2. The van der Waals surface area contributed by atoms with Crippen LogP contribution in [0.3, 0.4) is 0 Å². The molecule has 1 aromatic rings. The number of benzene rings is 1. The summed E-state index contributed by atoms with van der Waals surface area (Å²) < 4.78 is 0. The quantitative estimate of drug-likeness (QED) is 0.786. The molecule has 0 heterocycles. The molecule has 0 bridgehead atoms. The van der Waals surface area contributed by atoms with E-state index in [9.17, 15) is 9.59 Å². The Hall–Kier alpha value is -1.49. The minimum absolute atomic E-state index is 0.0728. The van der Waals surface area contributed by atoms with E-state index in [0.29, 0.717) is 12.1 Å². The lowest BCUT2D eigenvalue weighted by Crippen LogP contribution is -2.19. The summed E-state index contributed by atoms with van der Waals surface area (Å²) in [5.41, 5.74) is 0.672. The number of nitrogens with one attached hydrogen (secondary N) is 1. The fourth-order valence-electron chi connectivity index (χ4n) is 1.41. The summed E-state index contributed by atoms with van der Waals surface area (Å²) in [7, 11) is 0. The Morgan fingerprint density at radius 1 is 1.32 bits per heavy atom. The standard InChI is InChI=1S/C14H19NO3S/c1-4-11(14(17)18)19-12-8-6-5-7-10(12)15-13(16)9(2)3/h5-9,11H,4H2,1-3H3,(H,15,16)(H,17,18)/t11-/m0/s1. The number of thioether (sulfide) groups is 1. The first kappa shape index (κ1) is 15.6. The molecule has 1 rings (SSSR count). The molecule has 0 aliphatic rings. The van der Waals surface area contributed by atoms with Crippen LogP contribution in [-0.2, 0) is 9.59 Å². The van der Waals surface area contributed by atoms with Gasteiger partial charge in [0, 0.05) is 10.8 Å². The van der Waals surface area contributed by atoms with Gasteiger partial charge in [0.25, 0.3) is 0 Å². The first-order valence-corrected chi connectivity index (χ1v) is 7.13. The minimum Gasteiger partial charge on any atom is -0.480 e. The normalized spacial score (nSPS) is 12.2. The van der Waals surface area contributed by atoms with Gasteiger partial charge in [-0.1, -0.05) is 32.9 Å². The molecular weight excluding hydrogens is 262 g/mol. The third-order valence-electron chi connectivity index (χ3n) is 2.58. The third kappa shape index (κ3) is 4.59. The highest BCUT2D eigenvalue weighted by Gasteiger charge is 2.19. The Kier molecular flexibility index (Phi) is 5.89. The lowest BCUT2D eigenvalue weighted by molar-refractivity contribution is -0.136. The minimum atomic E-state index is -0.836. The van der Waals surface area contributed by atoms with Crippen molar-refractivity contribution >= 4 is 29.3 Å². The molecule has 5 heteroatoms. The summed E-state index contributed by atoms with van der Waals surface area (Å²) in [6.45, 7) is 5.47. The Labute approximate surface area is 117 Å². The predicted molar refractivity (Wildman–Crippen MR) is 77.5 cm³/mol. The molecule has 0 aliphatic carbocycles. The maximum absolute atomic E-state index is 11.7. The van der Waals surface area contributed by atoms with Crippen molar-refractivity contribution in [1.82, 2.24) is 0 Å². The number of anilines is 1. The number of carboxylic acid groups (broad SMARTS) is 1. The van der Waals surface area contributed by atoms with Crippen LogP contribution in [0.4, 0.5) is 5.69 Å². The second kappa shape index (κ2) is 7.19. The number of amides is 1. The van der Waals surface area contributed by atoms with Gasteiger partial charge >= 0.3 is 5.97 Å². The molecule has 0 aliphatic heterocycles. The summed E-state index contributed by atoms with van der Waals surface area (Å²) in [4.78, 5) is 23.6. The monoisotopic (exact) mass is 281 g/mol. The van der Waals surface area contributed by atoms with Crippen molar-refractivity contribution < 1.29 is 14.7 Å². The molecule has 0 aromatic heterocycles. The average molecular weight is 281 g/mol. The second-order valence-electron chi connectivity index (χ2n) is 4.49. The van der Waals surface area contributed by atoms with Gasteiger partial charge < -0.3 is 10.4 Å². The van der Waals surface area contributed by atoms with Gasteiger partial charge in [-0.25, -0.2) is 0 Å². The van der Waals surface area contributed by atoms with Crippen LogP contribution < -0.4 is 5.32 Å². The zero-order valence-electron chi connectivity index (χ0n) is 11.3. The Bertz CT molecular complexity index is 460. The summed E-state index contributed by atoms with van der Waals surface area (Å²) in [6, 6.07) is 7.27. The van der Waals surface area contributed by atoms with Gasteiger partial charge in [-0.3, -0.25) is 9.59 Å². The average Bonchev–Trinajstić information content (AvgIpc) is 2.37. The number of aliphatic carboxylic acids is 1. The number of carboxylic acids is 1.